The zero-order chi connectivity index (χ0) is 33.9. The Balaban J connectivity index is 1.17. The van der Waals surface area contributed by atoms with Crippen molar-refractivity contribution in [3.63, 3.8) is 0 Å². The van der Waals surface area contributed by atoms with Gasteiger partial charge in [0.15, 0.2) is 5.82 Å². The number of nitrogens with zero attached hydrogens (tertiary/aromatic N) is 2. The van der Waals surface area contributed by atoms with Gasteiger partial charge in [-0.2, -0.15) is 0 Å². The topological polar surface area (TPSA) is 49.6 Å². The number of aromatic nitrogens is 2. The zero-order valence-corrected chi connectivity index (χ0v) is 27.8. The molecule has 0 aliphatic heterocycles. The summed E-state index contributed by atoms with van der Waals surface area (Å²) in [6.07, 6.45) is 28.4. The molecule has 3 nitrogen and oxygen atoms in total. The van der Waals surface area contributed by atoms with Gasteiger partial charge in [-0.25, -0.2) is 9.97 Å². The fraction of sp³-hybridized carbons (Fsp3) is 0.0851. The highest BCUT2D eigenvalue weighted by Crippen LogP contribution is 2.37. The molecule has 3 atom stereocenters. The van der Waals surface area contributed by atoms with Gasteiger partial charge in [0.25, 0.3) is 0 Å². The summed E-state index contributed by atoms with van der Waals surface area (Å²) >= 11 is 0. The number of fused-ring (bicyclic) bond motifs is 2. The first-order valence-corrected chi connectivity index (χ1v) is 17.2. The lowest BCUT2D eigenvalue weighted by atomic mass is 9.81. The Labute approximate surface area is 294 Å². The van der Waals surface area contributed by atoms with Gasteiger partial charge in [-0.15, -0.1) is 0 Å². The second-order valence-corrected chi connectivity index (χ2v) is 13.0. The van der Waals surface area contributed by atoms with Gasteiger partial charge in [-0.05, 0) is 62.7 Å². The summed E-state index contributed by atoms with van der Waals surface area (Å²) in [5.41, 5.74) is 10.3. The molecular weight excluding hydrogens is 607 g/mol. The number of hydrogen-bond acceptors (Lipinski definition) is 3. The maximum Gasteiger partial charge on any atom is 0.160 e. The van der Waals surface area contributed by atoms with Gasteiger partial charge in [0.2, 0.25) is 0 Å². The molecule has 3 unspecified atom stereocenters. The third-order valence-corrected chi connectivity index (χ3v) is 9.86. The standard InChI is InChI=1S/C47H37N3/c1-2-9-42(31-48)33-18-23-36(24-19-33)45-30-46(37-25-21-35(22-26-37)44-17-8-13-34-11-5-6-16-43(34)44)50-47(49-45)41-15-7-14-39(29-41)40-27-20-32-10-3-4-12-38(32)28-40/h2-21,23-32,35,38,48H,1,22H2/b42-9+,48-31?. The van der Waals surface area contributed by atoms with Crippen molar-refractivity contribution in [2.24, 2.45) is 11.8 Å². The van der Waals surface area contributed by atoms with Gasteiger partial charge in [-0.1, -0.05) is 164 Å². The van der Waals surface area contributed by atoms with Crippen LogP contribution in [0.1, 0.15) is 34.7 Å². The molecule has 0 radical (unpaired) electrons. The van der Waals surface area contributed by atoms with Crippen LogP contribution in [0, 0.1) is 17.2 Å². The van der Waals surface area contributed by atoms with Gasteiger partial charge in [0.1, 0.15) is 0 Å². The predicted molar refractivity (Wildman–Crippen MR) is 211 cm³/mol. The minimum atomic E-state index is 0.299. The van der Waals surface area contributed by atoms with E-state index in [-0.39, 0.29) is 0 Å². The van der Waals surface area contributed by atoms with Crippen molar-refractivity contribution in [3.05, 3.63) is 199 Å². The molecule has 50 heavy (non-hydrogen) atoms. The van der Waals surface area contributed by atoms with Crippen LogP contribution in [0.25, 0.3) is 50.1 Å². The van der Waals surface area contributed by atoms with Gasteiger partial charge in [-0.3, -0.25) is 0 Å². The van der Waals surface area contributed by atoms with Crippen LogP contribution in [0.3, 0.4) is 0 Å². The third kappa shape index (κ3) is 6.22. The van der Waals surface area contributed by atoms with Crippen molar-refractivity contribution in [2.45, 2.75) is 12.3 Å². The highest BCUT2D eigenvalue weighted by atomic mass is 14.9. The lowest BCUT2D eigenvalue weighted by Gasteiger charge is -2.23. The lowest BCUT2D eigenvalue weighted by Crippen LogP contribution is -2.11. The minimum absolute atomic E-state index is 0.299. The van der Waals surface area contributed by atoms with Gasteiger partial charge < -0.3 is 5.41 Å². The van der Waals surface area contributed by atoms with E-state index in [1.54, 1.807) is 6.08 Å². The second-order valence-electron chi connectivity index (χ2n) is 13.0. The molecule has 240 valence electrons. The molecule has 0 bridgehead atoms. The zero-order valence-electron chi connectivity index (χ0n) is 27.8. The van der Waals surface area contributed by atoms with E-state index in [0.29, 0.717) is 23.6 Å². The summed E-state index contributed by atoms with van der Waals surface area (Å²) in [5.74, 6) is 1.78. The molecule has 0 spiro atoms. The summed E-state index contributed by atoms with van der Waals surface area (Å²) in [6.45, 7) is 3.80. The van der Waals surface area contributed by atoms with Crippen LogP contribution in [0.2, 0.25) is 0 Å². The molecule has 0 amide bonds. The van der Waals surface area contributed by atoms with Gasteiger partial charge in [0.05, 0.1) is 11.4 Å². The molecule has 1 aromatic heterocycles. The number of nitrogens with one attached hydrogen (secondary N) is 1. The van der Waals surface area contributed by atoms with Gasteiger partial charge in [0, 0.05) is 35.1 Å². The Bertz CT molecular complexity index is 2340. The molecular formula is C47H37N3. The van der Waals surface area contributed by atoms with Gasteiger partial charge >= 0.3 is 0 Å². The molecule has 3 heteroatoms. The van der Waals surface area contributed by atoms with E-state index < -0.39 is 0 Å². The highest BCUT2D eigenvalue weighted by molar-refractivity contribution is 6.08. The fourth-order valence-corrected chi connectivity index (χ4v) is 7.18. The Morgan fingerprint density at radius 1 is 0.700 bits per heavy atom. The Kier molecular flexibility index (Phi) is 8.54. The monoisotopic (exact) mass is 643 g/mol. The summed E-state index contributed by atoms with van der Waals surface area (Å²) < 4.78 is 0. The Morgan fingerprint density at radius 2 is 1.46 bits per heavy atom. The molecule has 1 heterocycles. The van der Waals surface area contributed by atoms with Crippen molar-refractivity contribution in [1.29, 1.82) is 5.41 Å². The SMILES string of the molecule is C=C/C=C(\C=N)c1ccc(-c2cc(C3=CCC(c4cccc5ccccc45)C=C3)nc(-c3cccc(C4=CC5C=CC=CC5C=C4)c3)n2)cc1. The first-order valence-electron chi connectivity index (χ1n) is 17.2. The predicted octanol–water partition coefficient (Wildman–Crippen LogP) is 11.6. The molecule has 8 rings (SSSR count). The van der Waals surface area contributed by atoms with E-state index in [4.69, 9.17) is 15.4 Å². The molecule has 0 fully saturated rings. The van der Waals surface area contributed by atoms with E-state index in [1.807, 2.05) is 18.2 Å². The van der Waals surface area contributed by atoms with Crippen LogP contribution >= 0.6 is 0 Å². The third-order valence-electron chi connectivity index (χ3n) is 9.86. The van der Waals surface area contributed by atoms with Crippen LogP contribution in [0.4, 0.5) is 0 Å². The average Bonchev–Trinajstić information content (AvgIpc) is 3.19. The molecule has 1 N–H and O–H groups in total. The molecule has 5 aromatic rings. The van der Waals surface area contributed by atoms with E-state index in [0.717, 1.165) is 51.2 Å². The van der Waals surface area contributed by atoms with Crippen LogP contribution in [0.5, 0.6) is 0 Å². The molecule has 3 aliphatic rings. The molecule has 3 aliphatic carbocycles. The van der Waals surface area contributed by atoms with Crippen molar-refractivity contribution >= 4 is 33.7 Å². The van der Waals surface area contributed by atoms with Crippen LogP contribution in [-0.4, -0.2) is 16.2 Å². The Hall–Kier alpha value is -6.19. The molecule has 0 saturated carbocycles. The highest BCUT2D eigenvalue weighted by Gasteiger charge is 2.20. The summed E-state index contributed by atoms with van der Waals surface area (Å²) in [7, 11) is 0. The first-order chi connectivity index (χ1) is 24.7. The normalized spacial score (nSPS) is 19.5. The van der Waals surface area contributed by atoms with Crippen molar-refractivity contribution in [2.75, 3.05) is 0 Å². The van der Waals surface area contributed by atoms with Crippen molar-refractivity contribution in [3.8, 4) is 22.6 Å². The smallest absolute Gasteiger partial charge is 0.160 e. The summed E-state index contributed by atoms with van der Waals surface area (Å²) in [4.78, 5) is 10.3. The maximum atomic E-state index is 7.84. The van der Waals surface area contributed by atoms with Crippen molar-refractivity contribution in [1.82, 2.24) is 9.97 Å². The number of hydrogen-bond donors (Lipinski definition) is 1. The Morgan fingerprint density at radius 3 is 2.28 bits per heavy atom. The van der Waals surface area contributed by atoms with Crippen LogP contribution in [-0.2, 0) is 0 Å². The number of allylic oxidation sites excluding steroid dienone is 15. The van der Waals surface area contributed by atoms with Crippen LogP contribution in [0.15, 0.2) is 177 Å². The minimum Gasteiger partial charge on any atom is -0.308 e. The fourth-order valence-electron chi connectivity index (χ4n) is 7.18. The first kappa shape index (κ1) is 31.1. The van der Waals surface area contributed by atoms with Crippen molar-refractivity contribution < 1.29 is 0 Å². The largest absolute Gasteiger partial charge is 0.308 e. The number of benzene rings is 4. The molecule has 4 aromatic carbocycles. The second kappa shape index (κ2) is 13.7. The maximum absolute atomic E-state index is 7.84. The van der Waals surface area contributed by atoms with E-state index >= 15 is 0 Å². The van der Waals surface area contributed by atoms with E-state index in [9.17, 15) is 0 Å². The quantitative estimate of drug-likeness (QED) is 0.135. The summed E-state index contributed by atoms with van der Waals surface area (Å²) in [6, 6.07) is 34.1. The van der Waals surface area contributed by atoms with E-state index in [2.05, 4.69) is 152 Å². The lowest BCUT2D eigenvalue weighted by molar-refractivity contribution is 0.663. The molecule has 0 saturated heterocycles. The van der Waals surface area contributed by atoms with E-state index in [1.165, 1.54) is 28.1 Å². The number of rotatable bonds is 8. The van der Waals surface area contributed by atoms with Crippen LogP contribution < -0.4 is 0 Å². The summed E-state index contributed by atoms with van der Waals surface area (Å²) in [5, 5.41) is 10.4. The average molecular weight is 644 g/mol.